The van der Waals surface area contributed by atoms with Crippen molar-refractivity contribution in [3.8, 4) is 11.5 Å². The summed E-state index contributed by atoms with van der Waals surface area (Å²) in [5.41, 5.74) is 1.34. The topological polar surface area (TPSA) is 76.1 Å². The summed E-state index contributed by atoms with van der Waals surface area (Å²) in [5, 5.41) is 13.2. The zero-order chi connectivity index (χ0) is 22.9. The molecule has 0 aromatic heterocycles. The van der Waals surface area contributed by atoms with Gasteiger partial charge < -0.3 is 19.5 Å². The average Bonchev–Trinajstić information content (AvgIpc) is 3.11. The van der Waals surface area contributed by atoms with Crippen LogP contribution in [0.3, 0.4) is 0 Å². The summed E-state index contributed by atoms with van der Waals surface area (Å²) in [6.45, 7) is 3.36. The van der Waals surface area contributed by atoms with Crippen molar-refractivity contribution in [1.82, 2.24) is 4.90 Å². The number of benzene rings is 3. The van der Waals surface area contributed by atoms with Gasteiger partial charge in [0, 0.05) is 12.1 Å². The third-order valence-corrected chi connectivity index (χ3v) is 6.22. The van der Waals surface area contributed by atoms with E-state index in [0.29, 0.717) is 42.4 Å². The van der Waals surface area contributed by atoms with Gasteiger partial charge in [0.1, 0.15) is 19.0 Å². The number of hydrogen-bond acceptors (Lipinski definition) is 5. The number of unbranched alkanes of at least 4 members (excludes halogenated alkanes) is 1. The van der Waals surface area contributed by atoms with E-state index < -0.39 is 17.7 Å². The van der Waals surface area contributed by atoms with Crippen molar-refractivity contribution < 1.29 is 24.2 Å². The fourth-order valence-electron chi connectivity index (χ4n) is 4.59. The number of aliphatic hydroxyl groups is 1. The second-order valence-corrected chi connectivity index (χ2v) is 8.28. The Kier molecular flexibility index (Phi) is 5.50. The fraction of sp³-hybridized carbons (Fsp3) is 0.259. The predicted octanol–water partition coefficient (Wildman–Crippen LogP) is 4.83. The lowest BCUT2D eigenvalue weighted by Crippen LogP contribution is -2.30. The van der Waals surface area contributed by atoms with Crippen LogP contribution in [0, 0.1) is 0 Å². The van der Waals surface area contributed by atoms with Gasteiger partial charge in [0.05, 0.1) is 11.6 Å². The number of Topliss-reactive ketones (excluding diaryl/α,β-unsaturated/α-hetero) is 1. The number of amides is 1. The standard InChI is InChI=1S/C27H25NO5/c1-2-3-13-28-24(18-11-12-21-22(16-18)33-15-14-32-21)23(26(30)27(28)31)25(29)20-10-6-8-17-7-4-5-9-19(17)20/h4-12,16,24,29H,2-3,13-15H2,1H3/b25-23-. The van der Waals surface area contributed by atoms with Crippen LogP contribution in [-0.2, 0) is 9.59 Å². The van der Waals surface area contributed by atoms with Crippen LogP contribution < -0.4 is 9.47 Å². The number of ketones is 1. The molecule has 2 aliphatic heterocycles. The summed E-state index contributed by atoms with van der Waals surface area (Å²) < 4.78 is 11.4. The molecule has 1 unspecified atom stereocenters. The van der Waals surface area contributed by atoms with Crippen LogP contribution in [0.5, 0.6) is 11.5 Å². The van der Waals surface area contributed by atoms with Gasteiger partial charge >= 0.3 is 0 Å². The summed E-state index contributed by atoms with van der Waals surface area (Å²) in [7, 11) is 0. The molecule has 1 N–H and O–H groups in total. The zero-order valence-electron chi connectivity index (χ0n) is 18.4. The van der Waals surface area contributed by atoms with E-state index in [-0.39, 0.29) is 11.3 Å². The van der Waals surface area contributed by atoms with Crippen molar-refractivity contribution in [2.24, 2.45) is 0 Å². The largest absolute Gasteiger partial charge is 0.507 e. The maximum atomic E-state index is 13.2. The quantitative estimate of drug-likeness (QED) is 0.347. The summed E-state index contributed by atoms with van der Waals surface area (Å²) in [6.07, 6.45) is 1.63. The van der Waals surface area contributed by atoms with Gasteiger partial charge in [-0.3, -0.25) is 9.59 Å². The summed E-state index contributed by atoms with van der Waals surface area (Å²) >= 11 is 0. The molecule has 1 fully saturated rings. The number of hydrogen-bond donors (Lipinski definition) is 1. The Hall–Kier alpha value is -3.80. The Morgan fingerprint density at radius 2 is 1.76 bits per heavy atom. The highest BCUT2D eigenvalue weighted by Gasteiger charge is 2.46. The molecule has 0 spiro atoms. The van der Waals surface area contributed by atoms with E-state index in [0.717, 1.165) is 23.6 Å². The van der Waals surface area contributed by atoms with Gasteiger partial charge in [-0.15, -0.1) is 0 Å². The second-order valence-electron chi connectivity index (χ2n) is 8.28. The molecule has 1 saturated heterocycles. The SMILES string of the molecule is CCCCN1C(=O)C(=O)/C(=C(\O)c2cccc3ccccc23)C1c1ccc2c(c1)OCCO2. The number of ether oxygens (including phenoxy) is 2. The van der Waals surface area contributed by atoms with Crippen molar-refractivity contribution in [2.45, 2.75) is 25.8 Å². The van der Waals surface area contributed by atoms with Crippen molar-refractivity contribution in [3.05, 3.63) is 77.4 Å². The lowest BCUT2D eigenvalue weighted by atomic mass is 9.93. The molecule has 0 bridgehead atoms. The normalized spacial score (nSPS) is 19.3. The highest BCUT2D eigenvalue weighted by molar-refractivity contribution is 6.46. The van der Waals surface area contributed by atoms with Gasteiger partial charge in [0.2, 0.25) is 0 Å². The molecule has 0 saturated carbocycles. The number of aliphatic hydroxyl groups excluding tert-OH is 1. The van der Waals surface area contributed by atoms with Crippen molar-refractivity contribution in [3.63, 3.8) is 0 Å². The molecule has 0 aliphatic carbocycles. The van der Waals surface area contributed by atoms with Gasteiger partial charge in [0.15, 0.2) is 11.5 Å². The Balaban J connectivity index is 1.70. The summed E-state index contributed by atoms with van der Waals surface area (Å²) in [6, 6.07) is 17.9. The molecule has 0 radical (unpaired) electrons. The predicted molar refractivity (Wildman–Crippen MR) is 125 cm³/mol. The van der Waals surface area contributed by atoms with Gasteiger partial charge in [-0.05, 0) is 34.9 Å². The minimum absolute atomic E-state index is 0.101. The van der Waals surface area contributed by atoms with Crippen LogP contribution in [0.1, 0.15) is 36.9 Å². The smallest absolute Gasteiger partial charge is 0.295 e. The van der Waals surface area contributed by atoms with Crippen molar-refractivity contribution in [2.75, 3.05) is 19.8 Å². The molecule has 6 nitrogen and oxygen atoms in total. The third kappa shape index (κ3) is 3.61. The van der Waals surface area contributed by atoms with E-state index in [9.17, 15) is 14.7 Å². The minimum Gasteiger partial charge on any atom is -0.507 e. The lowest BCUT2D eigenvalue weighted by molar-refractivity contribution is -0.139. The second kappa shape index (κ2) is 8.62. The van der Waals surface area contributed by atoms with Crippen LogP contribution in [0.25, 0.3) is 16.5 Å². The number of nitrogens with zero attached hydrogens (tertiary/aromatic N) is 1. The van der Waals surface area contributed by atoms with E-state index in [4.69, 9.17) is 9.47 Å². The number of carbonyl (C=O) groups is 2. The Bertz CT molecular complexity index is 1270. The van der Waals surface area contributed by atoms with Crippen molar-refractivity contribution in [1.29, 1.82) is 0 Å². The van der Waals surface area contributed by atoms with Crippen molar-refractivity contribution >= 4 is 28.2 Å². The molecule has 3 aromatic carbocycles. The van der Waals surface area contributed by atoms with Crippen LogP contribution in [0.4, 0.5) is 0 Å². The zero-order valence-corrected chi connectivity index (χ0v) is 18.4. The molecular weight excluding hydrogens is 418 g/mol. The van der Waals surface area contributed by atoms with Gasteiger partial charge in [-0.25, -0.2) is 0 Å². The Morgan fingerprint density at radius 3 is 2.58 bits per heavy atom. The highest BCUT2D eigenvalue weighted by atomic mass is 16.6. The van der Waals surface area contributed by atoms with Gasteiger partial charge in [-0.2, -0.15) is 0 Å². The number of rotatable bonds is 5. The first-order chi connectivity index (χ1) is 16.1. The van der Waals surface area contributed by atoms with E-state index >= 15 is 0 Å². The maximum absolute atomic E-state index is 13.2. The van der Waals surface area contributed by atoms with Gasteiger partial charge in [-0.1, -0.05) is 61.9 Å². The first-order valence-corrected chi connectivity index (χ1v) is 11.3. The summed E-state index contributed by atoms with van der Waals surface area (Å²) in [5.74, 6) is -0.222. The molecular formula is C27H25NO5. The van der Waals surface area contributed by atoms with Crippen LogP contribution in [0.2, 0.25) is 0 Å². The fourth-order valence-corrected chi connectivity index (χ4v) is 4.59. The monoisotopic (exact) mass is 443 g/mol. The molecule has 2 aliphatic rings. The van der Waals surface area contributed by atoms with Crippen LogP contribution in [0.15, 0.2) is 66.2 Å². The summed E-state index contributed by atoms with van der Waals surface area (Å²) in [4.78, 5) is 27.9. The minimum atomic E-state index is -0.702. The number of fused-ring (bicyclic) bond motifs is 2. The maximum Gasteiger partial charge on any atom is 0.295 e. The van der Waals surface area contributed by atoms with Crippen LogP contribution in [-0.4, -0.2) is 41.5 Å². The molecule has 6 heteroatoms. The number of likely N-dealkylation sites (tertiary alicyclic amines) is 1. The average molecular weight is 443 g/mol. The van der Waals surface area contributed by atoms with Gasteiger partial charge in [0.25, 0.3) is 11.7 Å². The number of carbonyl (C=O) groups excluding carboxylic acids is 2. The first kappa shape index (κ1) is 21.1. The van der Waals surface area contributed by atoms with E-state index in [1.807, 2.05) is 49.4 Å². The van der Waals surface area contributed by atoms with Crippen LogP contribution >= 0.6 is 0 Å². The van der Waals surface area contributed by atoms with E-state index in [1.165, 1.54) is 0 Å². The van der Waals surface area contributed by atoms with E-state index in [2.05, 4.69) is 0 Å². The molecule has 3 aromatic rings. The first-order valence-electron chi connectivity index (χ1n) is 11.3. The molecule has 2 heterocycles. The highest BCUT2D eigenvalue weighted by Crippen LogP contribution is 2.43. The Labute approximate surface area is 192 Å². The molecule has 1 atom stereocenters. The third-order valence-electron chi connectivity index (χ3n) is 6.22. The molecule has 5 rings (SSSR count). The Morgan fingerprint density at radius 1 is 1.00 bits per heavy atom. The van der Waals surface area contributed by atoms with E-state index in [1.54, 1.807) is 23.1 Å². The molecule has 1 amide bonds. The molecule has 33 heavy (non-hydrogen) atoms. The lowest BCUT2D eigenvalue weighted by Gasteiger charge is -2.27. The molecule has 168 valence electrons.